The van der Waals surface area contributed by atoms with Crippen LogP contribution in [0.2, 0.25) is 0 Å². The van der Waals surface area contributed by atoms with Gasteiger partial charge < -0.3 is 19.1 Å². The van der Waals surface area contributed by atoms with Crippen LogP contribution in [0.15, 0.2) is 82.7 Å². The molecule has 2 aliphatic rings. The molecule has 1 amide bonds. The first-order valence-corrected chi connectivity index (χ1v) is 14.4. The molecule has 3 heterocycles. The highest BCUT2D eigenvalue weighted by atomic mass is 32.2. The molecule has 4 atom stereocenters. The second-order valence-corrected chi connectivity index (χ2v) is 11.3. The van der Waals surface area contributed by atoms with Crippen LogP contribution in [0, 0.1) is 26.1 Å². The SMILES string of the molecule is C[C@@H](OC(=O)OCc1ccc([N+](=O)[O-])cc1)C1C(=O)N2C(C(=O)OCc3ccc([N+](=O)[O-])cc3)=C([S@](=O)c3ncccn3)CC12. The average Bonchev–Trinajstić information content (AvgIpc) is 3.38. The zero-order valence-electron chi connectivity index (χ0n) is 23.3. The number of β-lactam (4-membered cyclic amide) rings is 1. The van der Waals surface area contributed by atoms with E-state index in [4.69, 9.17) is 14.2 Å². The number of nitro groups is 2. The lowest BCUT2D eigenvalue weighted by Crippen LogP contribution is -2.62. The maximum Gasteiger partial charge on any atom is 0.508 e. The van der Waals surface area contributed by atoms with Gasteiger partial charge in [0, 0.05) is 43.1 Å². The third-order valence-corrected chi connectivity index (χ3v) is 8.45. The molecular weight excluding hydrogens is 614 g/mol. The molecule has 0 spiro atoms. The van der Waals surface area contributed by atoms with Crippen LogP contribution in [-0.2, 0) is 47.8 Å². The second kappa shape index (κ2) is 13.0. The fourth-order valence-electron chi connectivity index (χ4n) is 4.91. The lowest BCUT2D eigenvalue weighted by atomic mass is 9.83. The number of carbonyl (C=O) groups excluding carboxylic acids is 3. The van der Waals surface area contributed by atoms with Gasteiger partial charge in [-0.15, -0.1) is 0 Å². The Balaban J connectivity index is 1.27. The molecule has 45 heavy (non-hydrogen) atoms. The molecule has 0 aliphatic carbocycles. The molecule has 232 valence electrons. The summed E-state index contributed by atoms with van der Waals surface area (Å²) in [5.74, 6) is -2.42. The molecule has 1 saturated heterocycles. The van der Waals surface area contributed by atoms with Gasteiger partial charge >= 0.3 is 12.1 Å². The summed E-state index contributed by atoms with van der Waals surface area (Å²) < 4.78 is 29.3. The van der Waals surface area contributed by atoms with Gasteiger partial charge in [0.15, 0.2) is 0 Å². The van der Waals surface area contributed by atoms with E-state index < -0.39 is 56.7 Å². The summed E-state index contributed by atoms with van der Waals surface area (Å²) in [6, 6.07) is 11.5. The number of fused-ring (bicyclic) bond motifs is 1. The van der Waals surface area contributed by atoms with Crippen molar-refractivity contribution in [3.8, 4) is 0 Å². The first kappa shape index (κ1) is 30.9. The van der Waals surface area contributed by atoms with Crippen LogP contribution in [0.4, 0.5) is 16.2 Å². The normalized spacial score (nSPS) is 18.3. The summed E-state index contributed by atoms with van der Waals surface area (Å²) in [6.07, 6.45) is 0.658. The van der Waals surface area contributed by atoms with Crippen LogP contribution in [0.5, 0.6) is 0 Å². The lowest BCUT2D eigenvalue weighted by Gasteiger charge is -2.45. The Bertz CT molecular complexity index is 1710. The van der Waals surface area contributed by atoms with E-state index in [-0.39, 0.29) is 46.8 Å². The first-order chi connectivity index (χ1) is 21.5. The molecule has 16 nitrogen and oxygen atoms in total. The van der Waals surface area contributed by atoms with Crippen molar-refractivity contribution in [2.45, 2.75) is 43.9 Å². The van der Waals surface area contributed by atoms with E-state index >= 15 is 0 Å². The molecule has 2 unspecified atom stereocenters. The minimum absolute atomic E-state index is 0.0191. The number of rotatable bonds is 11. The Kier molecular flexibility index (Phi) is 8.89. The highest BCUT2D eigenvalue weighted by Gasteiger charge is 2.59. The molecule has 0 N–H and O–H groups in total. The predicted molar refractivity (Wildman–Crippen MR) is 151 cm³/mol. The number of hydrogen-bond donors (Lipinski definition) is 0. The molecule has 5 rings (SSSR count). The van der Waals surface area contributed by atoms with E-state index in [0.717, 1.165) is 4.90 Å². The predicted octanol–water partition coefficient (Wildman–Crippen LogP) is 3.33. The van der Waals surface area contributed by atoms with Crippen LogP contribution in [-0.4, -0.2) is 59.1 Å². The third-order valence-electron chi connectivity index (χ3n) is 7.10. The molecule has 0 bridgehead atoms. The maximum absolute atomic E-state index is 13.5. The van der Waals surface area contributed by atoms with Crippen molar-refractivity contribution in [2.75, 3.05) is 0 Å². The van der Waals surface area contributed by atoms with Gasteiger partial charge in [-0.05, 0) is 48.4 Å². The first-order valence-electron chi connectivity index (χ1n) is 13.3. The quantitative estimate of drug-likeness (QED) is 0.0972. The summed E-state index contributed by atoms with van der Waals surface area (Å²) in [7, 11) is -2.04. The fraction of sp³-hybridized carbons (Fsp3) is 0.250. The molecule has 2 aliphatic heterocycles. The minimum atomic E-state index is -2.04. The number of carbonyl (C=O) groups is 3. The van der Waals surface area contributed by atoms with E-state index in [9.17, 15) is 38.8 Å². The standard InChI is InChI=1S/C28H23N5O11S/c1-16(44-28(36)43-15-18-5-9-20(10-6-18)33(39)40)23-21-13-22(45(41)27-29-11-2-12-30-27)24(31(21)25(23)34)26(35)42-14-17-3-7-19(8-4-17)32(37)38/h2-12,16,21,23H,13-15H2,1H3/t16-,21?,23?,45+/m1/s1. The largest absolute Gasteiger partial charge is 0.508 e. The zero-order chi connectivity index (χ0) is 32.2. The van der Waals surface area contributed by atoms with E-state index in [1.807, 2.05) is 0 Å². The van der Waals surface area contributed by atoms with Crippen molar-refractivity contribution >= 4 is 40.2 Å². The monoisotopic (exact) mass is 637 g/mol. The highest BCUT2D eigenvalue weighted by Crippen LogP contribution is 2.46. The number of aromatic nitrogens is 2. The number of ether oxygens (including phenoxy) is 3. The second-order valence-electron chi connectivity index (χ2n) is 9.86. The number of amides is 1. The molecule has 17 heteroatoms. The molecule has 1 aromatic heterocycles. The van der Waals surface area contributed by atoms with Crippen molar-refractivity contribution in [3.63, 3.8) is 0 Å². The summed E-state index contributed by atoms with van der Waals surface area (Å²) in [5.41, 5.74) is 0.419. The Labute approximate surface area is 256 Å². The van der Waals surface area contributed by atoms with E-state index in [2.05, 4.69) is 9.97 Å². The lowest BCUT2D eigenvalue weighted by molar-refractivity contribution is -0.385. The summed E-state index contributed by atoms with van der Waals surface area (Å²) in [6.45, 7) is 0.970. The van der Waals surface area contributed by atoms with E-state index in [1.54, 1.807) is 0 Å². The van der Waals surface area contributed by atoms with Gasteiger partial charge in [-0.3, -0.25) is 25.0 Å². The van der Waals surface area contributed by atoms with Gasteiger partial charge in [0.2, 0.25) is 11.1 Å². The fourth-order valence-corrected chi connectivity index (χ4v) is 6.12. The molecule has 0 radical (unpaired) electrons. The van der Waals surface area contributed by atoms with Crippen LogP contribution >= 0.6 is 0 Å². The number of hydrogen-bond acceptors (Lipinski definition) is 13. The third kappa shape index (κ3) is 6.52. The topological polar surface area (TPSA) is 211 Å². The van der Waals surface area contributed by atoms with Crippen LogP contribution in [0.1, 0.15) is 24.5 Å². The smallest absolute Gasteiger partial charge is 0.456 e. The van der Waals surface area contributed by atoms with Gasteiger partial charge in [0.1, 0.15) is 35.8 Å². The van der Waals surface area contributed by atoms with Crippen molar-refractivity contribution in [1.82, 2.24) is 14.9 Å². The number of esters is 1. The molecule has 1 fully saturated rings. The average molecular weight is 638 g/mol. The van der Waals surface area contributed by atoms with Crippen molar-refractivity contribution in [1.29, 1.82) is 0 Å². The van der Waals surface area contributed by atoms with Crippen molar-refractivity contribution < 1.29 is 42.6 Å². The molecule has 0 saturated carbocycles. The number of benzene rings is 2. The summed E-state index contributed by atoms with van der Waals surface area (Å²) in [5, 5.41) is 21.6. The number of non-ortho nitro benzene ring substituents is 2. The van der Waals surface area contributed by atoms with Crippen molar-refractivity contribution in [3.05, 3.63) is 109 Å². The van der Waals surface area contributed by atoms with Crippen LogP contribution in [0.25, 0.3) is 0 Å². The minimum Gasteiger partial charge on any atom is -0.456 e. The Hall–Kier alpha value is -5.58. The van der Waals surface area contributed by atoms with E-state index in [0.29, 0.717) is 11.1 Å². The Morgan fingerprint density at radius 1 is 0.956 bits per heavy atom. The van der Waals surface area contributed by atoms with Crippen LogP contribution in [0.3, 0.4) is 0 Å². The van der Waals surface area contributed by atoms with Gasteiger partial charge in [-0.2, -0.15) is 0 Å². The van der Waals surface area contributed by atoms with E-state index in [1.165, 1.54) is 73.9 Å². The van der Waals surface area contributed by atoms with Gasteiger partial charge in [0.05, 0.1) is 26.7 Å². The Morgan fingerprint density at radius 2 is 1.49 bits per heavy atom. The maximum atomic E-state index is 13.5. The highest BCUT2D eigenvalue weighted by molar-refractivity contribution is 7.88. The van der Waals surface area contributed by atoms with Gasteiger partial charge in [0.25, 0.3) is 11.4 Å². The number of nitro benzene ring substituents is 2. The Morgan fingerprint density at radius 3 is 2.02 bits per heavy atom. The van der Waals surface area contributed by atoms with Gasteiger partial charge in [-0.1, -0.05) is 0 Å². The zero-order valence-corrected chi connectivity index (χ0v) is 24.2. The number of nitrogens with zero attached hydrogens (tertiary/aromatic N) is 5. The van der Waals surface area contributed by atoms with Gasteiger partial charge in [-0.25, -0.2) is 23.8 Å². The van der Waals surface area contributed by atoms with Crippen molar-refractivity contribution in [2.24, 2.45) is 5.92 Å². The molecular formula is C28H23N5O11S. The summed E-state index contributed by atoms with van der Waals surface area (Å²) in [4.78, 5) is 68.8. The molecule has 3 aromatic rings. The van der Waals surface area contributed by atoms with Crippen LogP contribution < -0.4 is 0 Å². The molecule has 2 aromatic carbocycles. The summed E-state index contributed by atoms with van der Waals surface area (Å²) >= 11 is 0.